The second-order valence-electron chi connectivity index (χ2n) is 3.68. The number of carbonyl (C=O) groups is 2. The Balaban J connectivity index is 4.54. The van der Waals surface area contributed by atoms with Crippen LogP contribution in [0.25, 0.3) is 0 Å². The van der Waals surface area contributed by atoms with Gasteiger partial charge in [-0.15, -0.1) is 6.58 Å². The number of carboxylic acids is 1. The van der Waals surface area contributed by atoms with Crippen LogP contribution in [-0.4, -0.2) is 34.9 Å². The Kier molecular flexibility index (Phi) is 7.38. The molecule has 0 saturated heterocycles. The third-order valence-electron chi connectivity index (χ3n) is 2.22. The van der Waals surface area contributed by atoms with E-state index in [-0.39, 0.29) is 24.2 Å². The van der Waals surface area contributed by atoms with Crippen LogP contribution in [0.15, 0.2) is 37.0 Å². The van der Waals surface area contributed by atoms with Crippen molar-refractivity contribution in [3.63, 3.8) is 0 Å². The van der Waals surface area contributed by atoms with Gasteiger partial charge in [-0.05, 0) is 12.8 Å². The number of carboxylic acid groups (broad SMARTS) is 1. The van der Waals surface area contributed by atoms with E-state index in [9.17, 15) is 9.59 Å². The molecule has 5 heteroatoms. The van der Waals surface area contributed by atoms with E-state index < -0.39 is 18.0 Å². The minimum atomic E-state index is -1.23. The fraction of sp³-hybridized carbons (Fsp3) is 0.385. The highest BCUT2D eigenvalue weighted by Crippen LogP contribution is 2.14. The summed E-state index contributed by atoms with van der Waals surface area (Å²) >= 11 is 0. The molecular weight excluding hydrogens is 236 g/mol. The number of aliphatic carboxylic acids is 1. The zero-order chi connectivity index (χ0) is 14.1. The molecule has 2 N–H and O–H groups in total. The first-order valence-electron chi connectivity index (χ1n) is 5.46. The van der Waals surface area contributed by atoms with Crippen LogP contribution in [0.5, 0.6) is 0 Å². The second-order valence-corrected chi connectivity index (χ2v) is 3.68. The fourth-order valence-corrected chi connectivity index (χ4v) is 1.16. The summed E-state index contributed by atoms with van der Waals surface area (Å²) in [5.41, 5.74) is -0.0190. The van der Waals surface area contributed by atoms with E-state index in [1.165, 1.54) is 6.08 Å². The monoisotopic (exact) mass is 254 g/mol. The van der Waals surface area contributed by atoms with Gasteiger partial charge in [0.2, 0.25) is 0 Å². The summed E-state index contributed by atoms with van der Waals surface area (Å²) in [6.45, 7) is 10.3. The van der Waals surface area contributed by atoms with E-state index in [2.05, 4.69) is 19.7 Å². The van der Waals surface area contributed by atoms with Gasteiger partial charge in [-0.3, -0.25) is 0 Å². The van der Waals surface area contributed by atoms with E-state index in [0.717, 1.165) is 0 Å². The van der Waals surface area contributed by atoms with Crippen LogP contribution >= 0.6 is 0 Å². The summed E-state index contributed by atoms with van der Waals surface area (Å²) in [5, 5.41) is 17.4. The molecule has 0 fully saturated rings. The van der Waals surface area contributed by atoms with Gasteiger partial charge in [0, 0.05) is 18.6 Å². The molecule has 0 radical (unpaired) electrons. The molecule has 0 amide bonds. The first-order chi connectivity index (χ1) is 8.43. The Bertz CT molecular complexity index is 356. The summed E-state index contributed by atoms with van der Waals surface area (Å²) in [5.74, 6) is -1.91. The predicted octanol–water partition coefficient (Wildman–Crippen LogP) is 1.44. The lowest BCUT2D eigenvalue weighted by atomic mass is 10.1. The minimum Gasteiger partial charge on any atom is -0.478 e. The standard InChI is InChI=1S/C13H18O5/c1-4-6-11(10(3)12(15)16)18-13(17)9(2)7-5-8-14/h4,11,14H,1-3,5-8H2,(H,15,16). The summed E-state index contributed by atoms with van der Waals surface area (Å²) in [4.78, 5) is 22.3. The molecule has 5 nitrogen and oxygen atoms in total. The average molecular weight is 254 g/mol. The highest BCUT2D eigenvalue weighted by Gasteiger charge is 2.22. The van der Waals surface area contributed by atoms with Crippen LogP contribution < -0.4 is 0 Å². The molecule has 0 rings (SSSR count). The van der Waals surface area contributed by atoms with Crippen LogP contribution in [0, 0.1) is 0 Å². The smallest absolute Gasteiger partial charge is 0.334 e. The SMILES string of the molecule is C=CCC(OC(=O)C(=C)CCCO)C(=C)C(=O)O. The Hall–Kier alpha value is -1.88. The van der Waals surface area contributed by atoms with E-state index in [1.54, 1.807) is 0 Å². The average Bonchev–Trinajstić information content (AvgIpc) is 2.34. The zero-order valence-electron chi connectivity index (χ0n) is 10.2. The summed E-state index contributed by atoms with van der Waals surface area (Å²) in [7, 11) is 0. The molecule has 0 aromatic heterocycles. The zero-order valence-corrected chi connectivity index (χ0v) is 10.2. The van der Waals surface area contributed by atoms with Crippen molar-refractivity contribution in [2.24, 2.45) is 0 Å². The Morgan fingerprint density at radius 1 is 1.33 bits per heavy atom. The van der Waals surface area contributed by atoms with E-state index in [1.807, 2.05) is 0 Å². The number of carbonyl (C=O) groups excluding carboxylic acids is 1. The molecule has 0 aliphatic carbocycles. The van der Waals surface area contributed by atoms with Crippen molar-refractivity contribution in [3.8, 4) is 0 Å². The third-order valence-corrected chi connectivity index (χ3v) is 2.22. The van der Waals surface area contributed by atoms with Crippen molar-refractivity contribution in [2.45, 2.75) is 25.4 Å². The highest BCUT2D eigenvalue weighted by atomic mass is 16.5. The van der Waals surface area contributed by atoms with Crippen LogP contribution in [0.3, 0.4) is 0 Å². The maximum Gasteiger partial charge on any atom is 0.334 e. The maximum absolute atomic E-state index is 11.6. The van der Waals surface area contributed by atoms with Crippen molar-refractivity contribution < 1.29 is 24.5 Å². The van der Waals surface area contributed by atoms with Crippen LogP contribution in [-0.2, 0) is 14.3 Å². The van der Waals surface area contributed by atoms with Gasteiger partial charge in [-0.2, -0.15) is 0 Å². The van der Waals surface area contributed by atoms with Gasteiger partial charge >= 0.3 is 11.9 Å². The van der Waals surface area contributed by atoms with Gasteiger partial charge < -0.3 is 14.9 Å². The van der Waals surface area contributed by atoms with Crippen molar-refractivity contribution in [2.75, 3.05) is 6.61 Å². The molecule has 1 atom stereocenters. The van der Waals surface area contributed by atoms with Crippen LogP contribution in [0.1, 0.15) is 19.3 Å². The van der Waals surface area contributed by atoms with E-state index in [0.29, 0.717) is 12.8 Å². The van der Waals surface area contributed by atoms with E-state index >= 15 is 0 Å². The molecule has 0 aliphatic heterocycles. The van der Waals surface area contributed by atoms with E-state index in [4.69, 9.17) is 14.9 Å². The second kappa shape index (κ2) is 8.25. The molecular formula is C13H18O5. The lowest BCUT2D eigenvalue weighted by Crippen LogP contribution is -2.24. The number of rotatable bonds is 9. The first-order valence-corrected chi connectivity index (χ1v) is 5.46. The lowest BCUT2D eigenvalue weighted by molar-refractivity contribution is -0.144. The molecule has 0 aromatic rings. The lowest BCUT2D eigenvalue weighted by Gasteiger charge is -2.17. The van der Waals surface area contributed by atoms with Gasteiger partial charge in [0.1, 0.15) is 6.10 Å². The maximum atomic E-state index is 11.6. The first kappa shape index (κ1) is 16.1. The predicted molar refractivity (Wildman–Crippen MR) is 66.9 cm³/mol. The summed E-state index contributed by atoms with van der Waals surface area (Å²) in [6.07, 6.45) is 1.38. The Morgan fingerprint density at radius 2 is 1.94 bits per heavy atom. The molecule has 0 heterocycles. The third kappa shape index (κ3) is 5.45. The Labute approximate surface area is 106 Å². The number of esters is 1. The highest BCUT2D eigenvalue weighted by molar-refractivity contribution is 5.90. The number of aliphatic hydroxyl groups excluding tert-OH is 1. The molecule has 18 heavy (non-hydrogen) atoms. The molecule has 1 unspecified atom stereocenters. The number of hydrogen-bond donors (Lipinski definition) is 2. The van der Waals surface area contributed by atoms with Gasteiger partial charge in [0.25, 0.3) is 0 Å². The molecule has 0 spiro atoms. The molecule has 0 bridgehead atoms. The molecule has 0 aliphatic rings. The Morgan fingerprint density at radius 3 is 2.39 bits per heavy atom. The summed E-state index contributed by atoms with van der Waals surface area (Å²) < 4.78 is 5.00. The molecule has 100 valence electrons. The number of aliphatic hydroxyl groups is 1. The van der Waals surface area contributed by atoms with Crippen LogP contribution in [0.4, 0.5) is 0 Å². The van der Waals surface area contributed by atoms with Crippen molar-refractivity contribution in [3.05, 3.63) is 37.0 Å². The quantitative estimate of drug-likeness (QED) is 0.369. The topological polar surface area (TPSA) is 83.8 Å². The molecule has 0 aromatic carbocycles. The van der Waals surface area contributed by atoms with Crippen LogP contribution in [0.2, 0.25) is 0 Å². The number of ether oxygens (including phenoxy) is 1. The number of hydrogen-bond acceptors (Lipinski definition) is 4. The van der Waals surface area contributed by atoms with Gasteiger partial charge in [0.15, 0.2) is 0 Å². The summed E-state index contributed by atoms with van der Waals surface area (Å²) in [6, 6.07) is 0. The van der Waals surface area contributed by atoms with Gasteiger partial charge in [-0.1, -0.05) is 19.2 Å². The van der Waals surface area contributed by atoms with Crippen molar-refractivity contribution in [1.82, 2.24) is 0 Å². The fourth-order valence-electron chi connectivity index (χ4n) is 1.16. The van der Waals surface area contributed by atoms with Crippen molar-refractivity contribution in [1.29, 1.82) is 0 Å². The van der Waals surface area contributed by atoms with Gasteiger partial charge in [-0.25, -0.2) is 9.59 Å². The normalized spacial score (nSPS) is 11.4. The minimum absolute atomic E-state index is 0.0514. The van der Waals surface area contributed by atoms with Gasteiger partial charge in [0.05, 0.1) is 5.57 Å². The largest absolute Gasteiger partial charge is 0.478 e. The molecule has 0 saturated carbocycles. The van der Waals surface area contributed by atoms with Crippen molar-refractivity contribution >= 4 is 11.9 Å².